The summed E-state index contributed by atoms with van der Waals surface area (Å²) in [7, 11) is 4.10. The van der Waals surface area contributed by atoms with Crippen LogP contribution in [0.25, 0.3) is 0 Å². The number of para-hydroxylation sites is 1. The molecule has 1 saturated carbocycles. The van der Waals surface area contributed by atoms with Gasteiger partial charge < -0.3 is 0 Å². The maximum absolute atomic E-state index is 12.8. The monoisotopic (exact) mass is 396 g/mol. The molecule has 0 saturated heterocycles. The van der Waals surface area contributed by atoms with Crippen molar-refractivity contribution in [2.75, 3.05) is 0 Å². The first kappa shape index (κ1) is 20.8. The second kappa shape index (κ2) is 9.11. The van der Waals surface area contributed by atoms with Gasteiger partial charge in [-0.15, -0.1) is 0 Å². The Morgan fingerprint density at radius 3 is 2.27 bits per heavy atom. The Labute approximate surface area is 180 Å². The minimum absolute atomic E-state index is 0.159. The average molecular weight is 396 g/mol. The number of esters is 2. The van der Waals surface area contributed by atoms with Gasteiger partial charge in [0.15, 0.2) is 0 Å². The van der Waals surface area contributed by atoms with Crippen molar-refractivity contribution in [3.05, 3.63) is 48.0 Å². The number of carbonyl (C=O) groups excluding carboxylic acids is 2. The number of aryl methyl sites for hydroxylation is 1. The summed E-state index contributed by atoms with van der Waals surface area (Å²) in [6, 6.07) is 13.1. The first-order valence-corrected chi connectivity index (χ1v) is 10.9. The molecule has 8 heteroatoms. The molecule has 1 heterocycles. The van der Waals surface area contributed by atoms with Gasteiger partial charge in [0.2, 0.25) is 0 Å². The van der Waals surface area contributed by atoms with Gasteiger partial charge in [0.1, 0.15) is 0 Å². The van der Waals surface area contributed by atoms with Gasteiger partial charge in [-0.25, -0.2) is 0 Å². The van der Waals surface area contributed by atoms with Gasteiger partial charge in [-0.2, -0.15) is 0 Å². The normalized spacial score (nSPS) is 19.6. The predicted molar refractivity (Wildman–Crippen MR) is 127 cm³/mol. The quantitative estimate of drug-likeness (QED) is 0.399. The van der Waals surface area contributed by atoms with Gasteiger partial charge >= 0.3 is 162 Å². The molecule has 0 unspecified atom stereocenters. The number of benzene rings is 2. The van der Waals surface area contributed by atoms with E-state index in [2.05, 4.69) is 21.6 Å². The molecule has 4 rings (SSSR count). The van der Waals surface area contributed by atoms with E-state index in [1.165, 1.54) is 16.3 Å². The van der Waals surface area contributed by atoms with Crippen molar-refractivity contribution in [1.29, 1.82) is 0 Å². The van der Waals surface area contributed by atoms with Gasteiger partial charge in [0.05, 0.1) is 0 Å². The van der Waals surface area contributed by atoms with Gasteiger partial charge in [-0.05, 0) is 0 Å². The van der Waals surface area contributed by atoms with Crippen LogP contribution in [0.3, 0.4) is 0 Å². The van der Waals surface area contributed by atoms with Crippen LogP contribution in [0.5, 0.6) is 11.5 Å². The molecule has 0 aromatic heterocycles. The first-order valence-electron chi connectivity index (χ1n) is 10.9. The van der Waals surface area contributed by atoms with Crippen molar-refractivity contribution in [2.45, 2.75) is 32.6 Å². The van der Waals surface area contributed by atoms with E-state index in [4.69, 9.17) is 9.47 Å². The summed E-state index contributed by atoms with van der Waals surface area (Å²) < 4.78 is 11.3. The summed E-state index contributed by atoms with van der Waals surface area (Å²) >= 11 is 0. The Hall–Kier alpha value is -2.49. The van der Waals surface area contributed by atoms with E-state index < -0.39 is 0 Å². The Balaban J connectivity index is 1.35. The molecule has 0 radical (unpaired) electrons. The van der Waals surface area contributed by atoms with Crippen LogP contribution >= 0.6 is 0 Å². The second-order valence-electron chi connectivity index (χ2n) is 8.31. The topological polar surface area (TPSA) is 52.6 Å². The van der Waals surface area contributed by atoms with Crippen molar-refractivity contribution in [2.24, 2.45) is 11.8 Å². The maximum atomic E-state index is 12.8. The number of hydrogen-bond acceptors (Lipinski definition) is 4. The average Bonchev–Trinajstić information content (AvgIpc) is 3.22. The van der Waals surface area contributed by atoms with Crippen LogP contribution in [0, 0.1) is 18.8 Å². The summed E-state index contributed by atoms with van der Waals surface area (Å²) in [5, 5.41) is 1.37. The third-order valence-electron chi connectivity index (χ3n) is 6.32. The van der Waals surface area contributed by atoms with Gasteiger partial charge in [-0.3, -0.25) is 0 Å². The third kappa shape index (κ3) is 4.48. The fourth-order valence-corrected chi connectivity index (χ4v) is 4.39. The van der Waals surface area contributed by atoms with E-state index >= 15 is 0 Å². The Morgan fingerprint density at radius 2 is 1.63 bits per heavy atom. The molecule has 1 aliphatic heterocycles. The summed E-state index contributed by atoms with van der Waals surface area (Å²) in [6.07, 6.45) is 2.60. The Kier molecular flexibility index (Phi) is 6.31. The minimum atomic E-state index is -0.207. The van der Waals surface area contributed by atoms with E-state index in [9.17, 15) is 9.59 Å². The van der Waals surface area contributed by atoms with Gasteiger partial charge in [0.25, 0.3) is 0 Å². The molecular weight excluding hydrogens is 371 g/mol. The van der Waals surface area contributed by atoms with Gasteiger partial charge in [0, 0.05) is 0 Å². The van der Waals surface area contributed by atoms with Crippen molar-refractivity contribution >= 4 is 57.2 Å². The molecule has 1 fully saturated rings. The van der Waals surface area contributed by atoms with Crippen LogP contribution in [0.4, 0.5) is 0 Å². The molecule has 4 nitrogen and oxygen atoms in total. The summed E-state index contributed by atoms with van der Waals surface area (Å²) in [5.41, 5.74) is 3.56. The molecule has 1 aliphatic carbocycles. The molecule has 2 aromatic carbocycles. The van der Waals surface area contributed by atoms with Crippen LogP contribution in [0.2, 0.25) is 0 Å². The van der Waals surface area contributed by atoms with Crippen molar-refractivity contribution in [3.63, 3.8) is 0 Å². The fraction of sp³-hybridized carbons (Fsp3) is 0.318. The zero-order valence-corrected chi connectivity index (χ0v) is 17.6. The molecule has 0 N–H and O–H groups in total. The first-order chi connectivity index (χ1) is 14.5. The van der Waals surface area contributed by atoms with Crippen LogP contribution < -0.4 is 20.4 Å². The molecule has 0 bridgehead atoms. The summed E-state index contributed by atoms with van der Waals surface area (Å²) in [5.74, 6) is 0.508. The number of fused-ring (bicyclic) bond motifs is 1. The van der Waals surface area contributed by atoms with E-state index in [1.807, 2.05) is 30.3 Å². The molecule has 30 heavy (non-hydrogen) atoms. The molecular formula is C22H24B4O4. The van der Waals surface area contributed by atoms with Crippen LogP contribution in [-0.2, 0) is 9.59 Å². The molecule has 2 aromatic rings. The standard InChI is InChI=1S/C22H24B4O4/c1-13-7-12-17(19-18(13)24-22(25-19)26-23)30-21(28)15-10-8-14(9-11-15)20(27)29-16-5-3-2-4-6-16/h2-7,12,14-15,24,26H,8-11,23H2,1H3. The molecule has 0 atom stereocenters. The van der Waals surface area contributed by atoms with Crippen LogP contribution in [0.15, 0.2) is 42.5 Å². The van der Waals surface area contributed by atoms with E-state index in [0.29, 0.717) is 37.2 Å². The van der Waals surface area contributed by atoms with E-state index in [0.717, 1.165) is 19.9 Å². The number of rotatable bonds is 5. The summed E-state index contributed by atoms with van der Waals surface area (Å²) in [6.45, 7) is 4.27. The third-order valence-corrected chi connectivity index (χ3v) is 6.32. The van der Waals surface area contributed by atoms with Crippen LogP contribution in [-0.4, -0.2) is 46.3 Å². The second-order valence-corrected chi connectivity index (χ2v) is 8.31. The molecule has 2 aliphatic rings. The number of ether oxygens (including phenoxy) is 2. The Morgan fingerprint density at radius 1 is 1.00 bits per heavy atom. The van der Waals surface area contributed by atoms with Crippen molar-refractivity contribution in [3.8, 4) is 11.5 Å². The predicted octanol–water partition coefficient (Wildman–Crippen LogP) is -0.211. The van der Waals surface area contributed by atoms with Crippen molar-refractivity contribution in [1.82, 2.24) is 0 Å². The molecule has 0 spiro atoms. The van der Waals surface area contributed by atoms with Crippen LogP contribution in [0.1, 0.15) is 31.2 Å². The zero-order chi connectivity index (χ0) is 21.1. The Bertz CT molecular complexity index is 982. The SMILES string of the molecule is BBC1=Bc2c(OC(=O)C3CCC(C(=O)Oc4ccccc4)CC3)ccc(C)c2B1. The van der Waals surface area contributed by atoms with Crippen molar-refractivity contribution < 1.29 is 19.1 Å². The number of carbonyl (C=O) groups is 2. The summed E-state index contributed by atoms with van der Waals surface area (Å²) in [4.78, 5) is 25.2. The number of hydrogen-bond donors (Lipinski definition) is 0. The fourth-order valence-electron chi connectivity index (χ4n) is 4.39. The molecule has 0 amide bonds. The zero-order valence-electron chi connectivity index (χ0n) is 17.6. The van der Waals surface area contributed by atoms with E-state index in [-0.39, 0.29) is 23.8 Å². The molecule has 148 valence electrons. The van der Waals surface area contributed by atoms with E-state index in [1.54, 1.807) is 12.1 Å². The van der Waals surface area contributed by atoms with Gasteiger partial charge in [-0.1, -0.05) is 18.2 Å².